The summed E-state index contributed by atoms with van der Waals surface area (Å²) in [7, 11) is -0.933. The lowest BCUT2D eigenvalue weighted by Crippen LogP contribution is -2.19. The van der Waals surface area contributed by atoms with Gasteiger partial charge in [-0.1, -0.05) is 54.6 Å². The Balaban J connectivity index is 1.80. The summed E-state index contributed by atoms with van der Waals surface area (Å²) in [6.45, 7) is 4.27. The van der Waals surface area contributed by atoms with Gasteiger partial charge < -0.3 is 9.61 Å². The molecule has 114 valence electrons. The SMILES string of the molecule is Cc1cccc(C)c1NP1Oc2ccccc2-c2ccccc21. The van der Waals surface area contributed by atoms with Crippen molar-refractivity contribution in [3.63, 3.8) is 0 Å². The molecule has 0 aliphatic carbocycles. The number of hydrogen-bond donors (Lipinski definition) is 1. The molecule has 3 heteroatoms. The minimum atomic E-state index is -0.933. The molecular formula is C20H18NOP. The molecule has 0 spiro atoms. The average Bonchev–Trinajstić information content (AvgIpc) is 2.58. The van der Waals surface area contributed by atoms with Crippen LogP contribution in [0.2, 0.25) is 0 Å². The molecule has 2 nitrogen and oxygen atoms in total. The maximum atomic E-state index is 6.33. The summed E-state index contributed by atoms with van der Waals surface area (Å²) in [6, 6.07) is 23.1. The van der Waals surface area contributed by atoms with Crippen molar-refractivity contribution in [3.8, 4) is 16.9 Å². The second-order valence-electron chi connectivity index (χ2n) is 5.78. The second kappa shape index (κ2) is 5.72. The normalized spacial score (nSPS) is 15.3. The number of aryl methyl sites for hydroxylation is 2. The van der Waals surface area contributed by atoms with Crippen LogP contribution in [0.3, 0.4) is 0 Å². The Morgan fingerprint density at radius 1 is 0.739 bits per heavy atom. The topological polar surface area (TPSA) is 21.3 Å². The van der Waals surface area contributed by atoms with Gasteiger partial charge in [-0.05, 0) is 42.7 Å². The third kappa shape index (κ3) is 2.50. The Hall–Kier alpha value is -2.31. The van der Waals surface area contributed by atoms with Gasteiger partial charge in [0.2, 0.25) is 8.30 Å². The van der Waals surface area contributed by atoms with Gasteiger partial charge >= 0.3 is 0 Å². The van der Waals surface area contributed by atoms with E-state index in [1.807, 2.05) is 12.1 Å². The number of anilines is 1. The first-order valence-corrected chi connectivity index (χ1v) is 8.99. The highest BCUT2D eigenvalue weighted by atomic mass is 31.2. The van der Waals surface area contributed by atoms with Gasteiger partial charge in [-0.25, -0.2) is 0 Å². The van der Waals surface area contributed by atoms with Crippen LogP contribution in [0, 0.1) is 13.8 Å². The van der Waals surface area contributed by atoms with Gasteiger partial charge in [-0.2, -0.15) is 0 Å². The van der Waals surface area contributed by atoms with E-state index in [0.29, 0.717) is 0 Å². The van der Waals surface area contributed by atoms with Crippen LogP contribution < -0.4 is 14.9 Å². The molecule has 4 rings (SSSR count). The third-order valence-electron chi connectivity index (χ3n) is 4.18. The fourth-order valence-electron chi connectivity index (χ4n) is 2.97. The first kappa shape index (κ1) is 14.3. The van der Waals surface area contributed by atoms with Crippen LogP contribution in [0.1, 0.15) is 11.1 Å². The van der Waals surface area contributed by atoms with E-state index in [0.717, 1.165) is 5.75 Å². The lowest BCUT2D eigenvalue weighted by Gasteiger charge is -2.29. The minimum absolute atomic E-state index is 0.933. The summed E-state index contributed by atoms with van der Waals surface area (Å²) in [5, 5.41) is 4.90. The highest BCUT2D eigenvalue weighted by Gasteiger charge is 2.27. The van der Waals surface area contributed by atoms with E-state index in [1.165, 1.54) is 33.2 Å². The molecule has 1 atom stereocenters. The molecule has 0 bridgehead atoms. The fraction of sp³-hybridized carbons (Fsp3) is 0.100. The van der Waals surface area contributed by atoms with Gasteiger partial charge in [-0.3, -0.25) is 0 Å². The number of benzene rings is 3. The van der Waals surface area contributed by atoms with Crippen LogP contribution in [0.4, 0.5) is 5.69 Å². The van der Waals surface area contributed by atoms with E-state index in [4.69, 9.17) is 4.52 Å². The Morgan fingerprint density at radius 2 is 1.39 bits per heavy atom. The van der Waals surface area contributed by atoms with E-state index in [9.17, 15) is 0 Å². The van der Waals surface area contributed by atoms with Crippen LogP contribution in [0.25, 0.3) is 11.1 Å². The molecule has 0 fully saturated rings. The van der Waals surface area contributed by atoms with Gasteiger partial charge in [0, 0.05) is 16.6 Å². The van der Waals surface area contributed by atoms with E-state index in [-0.39, 0.29) is 0 Å². The van der Waals surface area contributed by atoms with Crippen LogP contribution >= 0.6 is 8.30 Å². The molecule has 0 saturated carbocycles. The molecule has 0 saturated heterocycles. The predicted molar refractivity (Wildman–Crippen MR) is 98.6 cm³/mol. The zero-order valence-corrected chi connectivity index (χ0v) is 14.1. The maximum Gasteiger partial charge on any atom is 0.223 e. The smallest absolute Gasteiger partial charge is 0.223 e. The molecule has 3 aromatic carbocycles. The summed E-state index contributed by atoms with van der Waals surface area (Å²) in [6.07, 6.45) is 0. The van der Waals surface area contributed by atoms with E-state index in [1.54, 1.807) is 0 Å². The van der Waals surface area contributed by atoms with E-state index in [2.05, 4.69) is 73.5 Å². The first-order chi connectivity index (χ1) is 11.2. The molecule has 3 aromatic rings. The van der Waals surface area contributed by atoms with Crippen LogP contribution in [0.5, 0.6) is 5.75 Å². The molecule has 0 amide bonds. The quantitative estimate of drug-likeness (QED) is 0.638. The van der Waals surface area contributed by atoms with Crippen molar-refractivity contribution < 1.29 is 4.52 Å². The molecule has 1 heterocycles. The van der Waals surface area contributed by atoms with E-state index < -0.39 is 8.30 Å². The zero-order chi connectivity index (χ0) is 15.8. The van der Waals surface area contributed by atoms with Crippen molar-refractivity contribution in [2.24, 2.45) is 0 Å². The fourth-order valence-corrected chi connectivity index (χ4v) is 4.78. The molecule has 23 heavy (non-hydrogen) atoms. The number of hydrogen-bond acceptors (Lipinski definition) is 2. The number of para-hydroxylation sites is 2. The van der Waals surface area contributed by atoms with Crippen LogP contribution in [0.15, 0.2) is 66.7 Å². The lowest BCUT2D eigenvalue weighted by molar-refractivity contribution is 0.625. The van der Waals surface area contributed by atoms with Crippen LogP contribution in [-0.2, 0) is 0 Å². The second-order valence-corrected chi connectivity index (χ2v) is 7.25. The number of nitrogens with one attached hydrogen (secondary N) is 1. The average molecular weight is 319 g/mol. The highest BCUT2D eigenvalue weighted by Crippen LogP contribution is 2.49. The molecule has 1 aliphatic heterocycles. The first-order valence-electron chi connectivity index (χ1n) is 7.73. The summed E-state index contributed by atoms with van der Waals surface area (Å²) >= 11 is 0. The molecule has 0 radical (unpaired) electrons. The summed E-state index contributed by atoms with van der Waals surface area (Å²) < 4.78 is 6.33. The Kier molecular flexibility index (Phi) is 3.55. The molecule has 0 aromatic heterocycles. The van der Waals surface area contributed by atoms with Crippen molar-refractivity contribution in [1.82, 2.24) is 0 Å². The van der Waals surface area contributed by atoms with Crippen LogP contribution in [-0.4, -0.2) is 0 Å². The van der Waals surface area contributed by atoms with Crippen molar-refractivity contribution in [2.75, 3.05) is 5.09 Å². The molecular weight excluding hydrogens is 301 g/mol. The minimum Gasteiger partial charge on any atom is -0.448 e. The monoisotopic (exact) mass is 319 g/mol. The predicted octanol–water partition coefficient (Wildman–Crippen LogP) is 5.41. The van der Waals surface area contributed by atoms with Gasteiger partial charge in [0.05, 0.1) is 0 Å². The number of rotatable bonds is 2. The zero-order valence-electron chi connectivity index (χ0n) is 13.2. The Bertz CT molecular complexity index is 855. The maximum absolute atomic E-state index is 6.33. The van der Waals surface area contributed by atoms with Gasteiger partial charge in [0.25, 0.3) is 0 Å². The van der Waals surface area contributed by atoms with Crippen molar-refractivity contribution >= 4 is 19.3 Å². The van der Waals surface area contributed by atoms with Gasteiger partial charge in [0.1, 0.15) is 5.75 Å². The van der Waals surface area contributed by atoms with Gasteiger partial charge in [0.15, 0.2) is 0 Å². The van der Waals surface area contributed by atoms with E-state index >= 15 is 0 Å². The standard InChI is InChI=1S/C20H18NOP/c1-14-8-7-9-15(2)20(14)21-23-19-13-6-4-11-17(19)16-10-3-5-12-18(16)22-23/h3-13,21H,1-2H3. The molecule has 1 aliphatic rings. The Labute approximate surface area is 138 Å². The highest BCUT2D eigenvalue weighted by molar-refractivity contribution is 7.63. The van der Waals surface area contributed by atoms with Crippen molar-refractivity contribution in [2.45, 2.75) is 13.8 Å². The Morgan fingerprint density at radius 3 is 2.17 bits per heavy atom. The van der Waals surface area contributed by atoms with Gasteiger partial charge in [-0.15, -0.1) is 0 Å². The summed E-state index contributed by atoms with van der Waals surface area (Å²) in [5.74, 6) is 0.955. The molecule has 1 N–H and O–H groups in total. The number of fused-ring (bicyclic) bond motifs is 3. The summed E-state index contributed by atoms with van der Waals surface area (Å²) in [5.41, 5.74) is 6.09. The third-order valence-corrected chi connectivity index (χ3v) is 5.82. The molecule has 1 unspecified atom stereocenters. The van der Waals surface area contributed by atoms with Crippen molar-refractivity contribution in [3.05, 3.63) is 77.9 Å². The van der Waals surface area contributed by atoms with Crippen molar-refractivity contribution in [1.29, 1.82) is 0 Å². The summed E-state index contributed by atoms with van der Waals surface area (Å²) in [4.78, 5) is 0. The lowest BCUT2D eigenvalue weighted by atomic mass is 10.0. The largest absolute Gasteiger partial charge is 0.448 e.